The average molecular weight is 392 g/mol. The number of benzene rings is 1. The first-order valence-electron chi connectivity index (χ1n) is 4.62. The van der Waals surface area contributed by atoms with E-state index in [1.54, 1.807) is 0 Å². The molecule has 0 aliphatic heterocycles. The third kappa shape index (κ3) is 4.49. The third-order valence-corrected chi connectivity index (χ3v) is 3.06. The van der Waals surface area contributed by atoms with Gasteiger partial charge in [-0.1, -0.05) is 0 Å². The summed E-state index contributed by atoms with van der Waals surface area (Å²) < 4.78 is 41.4. The van der Waals surface area contributed by atoms with Crippen LogP contribution in [-0.2, 0) is 0 Å². The molecule has 18 heavy (non-hydrogen) atoms. The van der Waals surface area contributed by atoms with Crippen LogP contribution in [0.15, 0.2) is 21.1 Å². The van der Waals surface area contributed by atoms with Crippen molar-refractivity contribution in [2.24, 2.45) is 0 Å². The van der Waals surface area contributed by atoms with Crippen molar-refractivity contribution < 1.29 is 27.8 Å². The second-order valence-electron chi connectivity index (χ2n) is 3.29. The van der Waals surface area contributed by atoms with Crippen LogP contribution in [0.2, 0.25) is 0 Å². The fourth-order valence-corrected chi connectivity index (χ4v) is 2.51. The molecule has 0 heterocycles. The van der Waals surface area contributed by atoms with E-state index < -0.39 is 25.2 Å². The van der Waals surface area contributed by atoms with Gasteiger partial charge in [0.05, 0.1) is 27.5 Å². The molecule has 0 amide bonds. The number of hydrogen-bond donors (Lipinski definition) is 1. The maximum atomic E-state index is 11.9. The Morgan fingerprint density at radius 3 is 2.17 bits per heavy atom. The molecule has 100 valence electrons. The molecule has 0 bridgehead atoms. The van der Waals surface area contributed by atoms with E-state index in [4.69, 9.17) is 9.84 Å². The summed E-state index contributed by atoms with van der Waals surface area (Å²) in [7, 11) is 0. The number of aromatic carboxylic acids is 1. The molecule has 1 aromatic rings. The zero-order valence-corrected chi connectivity index (χ0v) is 11.9. The maximum Gasteiger partial charge on any atom is 0.392 e. The quantitative estimate of drug-likeness (QED) is 0.834. The third-order valence-electron chi connectivity index (χ3n) is 1.88. The van der Waals surface area contributed by atoms with Gasteiger partial charge < -0.3 is 9.84 Å². The molecule has 0 unspecified atom stereocenters. The lowest BCUT2D eigenvalue weighted by atomic mass is 10.2. The van der Waals surface area contributed by atoms with E-state index in [2.05, 4.69) is 31.9 Å². The van der Waals surface area contributed by atoms with Gasteiger partial charge in [-0.25, -0.2) is 4.79 Å². The van der Waals surface area contributed by atoms with Crippen molar-refractivity contribution in [1.29, 1.82) is 0 Å². The summed E-state index contributed by atoms with van der Waals surface area (Å²) in [5.74, 6) is -0.998. The Kier molecular flexibility index (Phi) is 5.03. The summed E-state index contributed by atoms with van der Waals surface area (Å²) in [6, 6.07) is 2.52. The highest BCUT2D eigenvalue weighted by Gasteiger charge is 2.27. The second-order valence-corrected chi connectivity index (χ2v) is 5.00. The van der Waals surface area contributed by atoms with E-state index in [9.17, 15) is 18.0 Å². The van der Waals surface area contributed by atoms with Gasteiger partial charge in [0, 0.05) is 0 Å². The van der Waals surface area contributed by atoms with Gasteiger partial charge in [-0.05, 0) is 44.0 Å². The van der Waals surface area contributed by atoms with Crippen LogP contribution in [0, 0.1) is 0 Å². The van der Waals surface area contributed by atoms with Crippen molar-refractivity contribution in [3.8, 4) is 5.75 Å². The second kappa shape index (κ2) is 5.92. The largest absolute Gasteiger partial charge is 0.491 e. The molecule has 3 nitrogen and oxygen atoms in total. The molecule has 0 saturated carbocycles. The first-order valence-corrected chi connectivity index (χ1v) is 6.21. The lowest BCUT2D eigenvalue weighted by Crippen LogP contribution is -2.13. The van der Waals surface area contributed by atoms with E-state index in [0.717, 1.165) is 0 Å². The molecule has 0 saturated heterocycles. The first kappa shape index (κ1) is 15.3. The van der Waals surface area contributed by atoms with Crippen LogP contribution >= 0.6 is 31.9 Å². The minimum absolute atomic E-state index is 0.00285. The van der Waals surface area contributed by atoms with Crippen LogP contribution in [0.5, 0.6) is 5.75 Å². The molecule has 0 aromatic heterocycles. The highest BCUT2D eigenvalue weighted by Crippen LogP contribution is 2.35. The summed E-state index contributed by atoms with van der Waals surface area (Å²) in [4.78, 5) is 10.7. The van der Waals surface area contributed by atoms with Gasteiger partial charge in [-0.3, -0.25) is 0 Å². The van der Waals surface area contributed by atoms with Crippen molar-refractivity contribution in [3.05, 3.63) is 26.6 Å². The Balaban J connectivity index is 2.81. The van der Waals surface area contributed by atoms with Gasteiger partial charge in [-0.2, -0.15) is 13.2 Å². The Bertz CT molecular complexity index is 437. The number of hydrogen-bond acceptors (Lipinski definition) is 2. The molecule has 1 rings (SSSR count). The monoisotopic (exact) mass is 390 g/mol. The Morgan fingerprint density at radius 2 is 1.78 bits per heavy atom. The first-order chi connectivity index (χ1) is 8.20. The number of ether oxygens (including phenoxy) is 1. The minimum atomic E-state index is -4.29. The Hall–Kier alpha value is -0.760. The van der Waals surface area contributed by atoms with Gasteiger partial charge in [0.2, 0.25) is 0 Å². The van der Waals surface area contributed by atoms with Crippen molar-refractivity contribution in [2.45, 2.75) is 12.6 Å². The topological polar surface area (TPSA) is 46.5 Å². The molecule has 0 spiro atoms. The van der Waals surface area contributed by atoms with E-state index in [0.29, 0.717) is 0 Å². The standard InChI is InChI=1S/C10H7Br2F3O3/c11-6-3-5(9(16)17)4-7(12)8(6)18-2-1-10(13,14)15/h3-4H,1-2H2,(H,16,17). The number of halogens is 5. The molecule has 0 atom stereocenters. The lowest BCUT2D eigenvalue weighted by Gasteiger charge is -2.12. The maximum absolute atomic E-state index is 11.9. The highest BCUT2D eigenvalue weighted by molar-refractivity contribution is 9.11. The number of carboxylic acids is 1. The molecule has 0 radical (unpaired) electrons. The fourth-order valence-electron chi connectivity index (χ4n) is 1.09. The van der Waals surface area contributed by atoms with Crippen LogP contribution in [0.4, 0.5) is 13.2 Å². The Morgan fingerprint density at radius 1 is 1.28 bits per heavy atom. The number of rotatable bonds is 4. The molecule has 1 aromatic carbocycles. The minimum Gasteiger partial charge on any atom is -0.491 e. The molecule has 0 fully saturated rings. The van der Waals surface area contributed by atoms with Crippen molar-refractivity contribution in [2.75, 3.05) is 6.61 Å². The fraction of sp³-hybridized carbons (Fsp3) is 0.300. The predicted octanol–water partition coefficient (Wildman–Crippen LogP) is 4.24. The SMILES string of the molecule is O=C(O)c1cc(Br)c(OCCC(F)(F)F)c(Br)c1. The summed E-state index contributed by atoms with van der Waals surface area (Å²) >= 11 is 6.09. The Labute approximate surface area is 117 Å². The van der Waals surface area contributed by atoms with Crippen molar-refractivity contribution >= 4 is 37.8 Å². The van der Waals surface area contributed by atoms with Crippen LogP contribution in [-0.4, -0.2) is 23.9 Å². The van der Waals surface area contributed by atoms with Crippen LogP contribution < -0.4 is 4.74 Å². The normalized spacial score (nSPS) is 11.4. The smallest absolute Gasteiger partial charge is 0.392 e. The van der Waals surface area contributed by atoms with Crippen LogP contribution in [0.25, 0.3) is 0 Å². The molecular weight excluding hydrogens is 385 g/mol. The summed E-state index contributed by atoms with van der Waals surface area (Å²) in [6.07, 6.45) is -5.37. The number of alkyl halides is 3. The van der Waals surface area contributed by atoms with Gasteiger partial charge in [-0.15, -0.1) is 0 Å². The molecular formula is C10H7Br2F3O3. The average Bonchev–Trinajstić information content (AvgIpc) is 2.20. The van der Waals surface area contributed by atoms with Gasteiger partial charge in [0.1, 0.15) is 5.75 Å². The summed E-state index contributed by atoms with van der Waals surface area (Å²) in [5.41, 5.74) is -0.00285. The zero-order valence-electron chi connectivity index (χ0n) is 8.72. The molecule has 1 N–H and O–H groups in total. The van der Waals surface area contributed by atoms with Gasteiger partial charge in [0.25, 0.3) is 0 Å². The van der Waals surface area contributed by atoms with Crippen molar-refractivity contribution in [3.63, 3.8) is 0 Å². The number of carbonyl (C=O) groups is 1. The lowest BCUT2D eigenvalue weighted by molar-refractivity contribution is -0.139. The van der Waals surface area contributed by atoms with Gasteiger partial charge >= 0.3 is 12.1 Å². The summed E-state index contributed by atoms with van der Waals surface area (Å²) in [5, 5.41) is 8.78. The predicted molar refractivity (Wildman–Crippen MR) is 65.0 cm³/mol. The molecule has 0 aliphatic carbocycles. The molecule has 0 aliphatic rings. The highest BCUT2D eigenvalue weighted by atomic mass is 79.9. The van der Waals surface area contributed by atoms with E-state index in [-0.39, 0.29) is 20.3 Å². The zero-order chi connectivity index (χ0) is 13.9. The summed E-state index contributed by atoms with van der Waals surface area (Å²) in [6.45, 7) is -0.535. The van der Waals surface area contributed by atoms with E-state index in [1.165, 1.54) is 12.1 Å². The van der Waals surface area contributed by atoms with Crippen molar-refractivity contribution in [1.82, 2.24) is 0 Å². The van der Waals surface area contributed by atoms with Crippen LogP contribution in [0.3, 0.4) is 0 Å². The van der Waals surface area contributed by atoms with Gasteiger partial charge in [0.15, 0.2) is 0 Å². The van der Waals surface area contributed by atoms with Crippen LogP contribution in [0.1, 0.15) is 16.8 Å². The van der Waals surface area contributed by atoms with E-state index >= 15 is 0 Å². The van der Waals surface area contributed by atoms with E-state index in [1.807, 2.05) is 0 Å². The number of carboxylic acid groups (broad SMARTS) is 1. The molecule has 8 heteroatoms.